The Labute approximate surface area is 96.3 Å². The molecule has 2 aliphatic rings. The van der Waals surface area contributed by atoms with Crippen LogP contribution in [0.15, 0.2) is 0 Å². The lowest BCUT2D eigenvalue weighted by Crippen LogP contribution is -2.43. The first-order valence-electron chi connectivity index (χ1n) is 6.23. The lowest BCUT2D eigenvalue weighted by molar-refractivity contribution is -0.133. The number of carbonyl (C=O) groups excluding carboxylic acids is 2. The minimum atomic E-state index is 0.0325. The molecular formula is C12H20N2O2. The first-order chi connectivity index (χ1) is 7.66. The highest BCUT2D eigenvalue weighted by atomic mass is 16.2. The van der Waals surface area contributed by atoms with Gasteiger partial charge in [-0.15, -0.1) is 0 Å². The molecule has 1 amide bonds. The number of carbonyl (C=O) groups is 2. The van der Waals surface area contributed by atoms with Crippen LogP contribution in [0.4, 0.5) is 0 Å². The van der Waals surface area contributed by atoms with E-state index in [1.165, 1.54) is 44.0 Å². The molecule has 1 N–H and O–H groups in total. The van der Waals surface area contributed by atoms with Crippen molar-refractivity contribution in [1.29, 1.82) is 0 Å². The largest absolute Gasteiger partial charge is 0.298 e. The lowest BCUT2D eigenvalue weighted by atomic mass is 9.83. The van der Waals surface area contributed by atoms with Crippen molar-refractivity contribution in [2.75, 3.05) is 6.54 Å². The minimum Gasteiger partial charge on any atom is -0.298 e. The fourth-order valence-corrected chi connectivity index (χ4v) is 2.78. The number of amides is 1. The molecule has 1 saturated carbocycles. The molecule has 2 rings (SSSR count). The second-order valence-corrected chi connectivity index (χ2v) is 5.02. The third-order valence-corrected chi connectivity index (χ3v) is 3.62. The van der Waals surface area contributed by atoms with Crippen molar-refractivity contribution in [2.24, 2.45) is 5.92 Å². The summed E-state index contributed by atoms with van der Waals surface area (Å²) in [4.78, 5) is 22.7. The quantitative estimate of drug-likeness (QED) is 0.785. The highest BCUT2D eigenvalue weighted by Crippen LogP contribution is 2.29. The molecule has 0 aromatic heterocycles. The van der Waals surface area contributed by atoms with E-state index in [-0.39, 0.29) is 24.3 Å². The summed E-state index contributed by atoms with van der Waals surface area (Å²) in [6, 6.07) is 0.271. The Bertz CT molecular complexity index is 285. The van der Waals surface area contributed by atoms with Crippen LogP contribution in [0.3, 0.4) is 0 Å². The summed E-state index contributed by atoms with van der Waals surface area (Å²) < 4.78 is 0. The summed E-state index contributed by atoms with van der Waals surface area (Å²) in [5.74, 6) is 0.727. The number of Topliss-reactive ketones (excluding diaryl/α,β-unsaturated/α-hetero) is 1. The second kappa shape index (κ2) is 4.95. The zero-order valence-electron chi connectivity index (χ0n) is 9.87. The SMILES string of the molecule is CC(=O)CN1NC(C2CCCCC2)CC1=O. The topological polar surface area (TPSA) is 49.4 Å². The number of nitrogens with one attached hydrogen (secondary N) is 1. The van der Waals surface area contributed by atoms with E-state index in [4.69, 9.17) is 0 Å². The van der Waals surface area contributed by atoms with Crippen molar-refractivity contribution in [3.63, 3.8) is 0 Å². The summed E-state index contributed by atoms with van der Waals surface area (Å²) in [5, 5.41) is 1.50. The van der Waals surface area contributed by atoms with Crippen LogP contribution in [0, 0.1) is 5.92 Å². The van der Waals surface area contributed by atoms with Crippen LogP contribution in [-0.2, 0) is 9.59 Å². The molecule has 4 nitrogen and oxygen atoms in total. The third-order valence-electron chi connectivity index (χ3n) is 3.62. The van der Waals surface area contributed by atoms with Crippen LogP contribution in [0.25, 0.3) is 0 Å². The Morgan fingerprint density at radius 2 is 2.06 bits per heavy atom. The van der Waals surface area contributed by atoms with E-state index >= 15 is 0 Å². The van der Waals surface area contributed by atoms with Gasteiger partial charge in [-0.1, -0.05) is 19.3 Å². The maximum atomic E-state index is 11.7. The monoisotopic (exact) mass is 224 g/mol. The van der Waals surface area contributed by atoms with E-state index in [1.54, 1.807) is 0 Å². The van der Waals surface area contributed by atoms with E-state index in [1.807, 2.05) is 0 Å². The van der Waals surface area contributed by atoms with E-state index in [2.05, 4.69) is 5.43 Å². The maximum absolute atomic E-state index is 11.7. The Hall–Kier alpha value is -0.900. The van der Waals surface area contributed by atoms with Gasteiger partial charge >= 0.3 is 0 Å². The Kier molecular flexibility index (Phi) is 3.59. The molecule has 0 aromatic rings. The zero-order valence-corrected chi connectivity index (χ0v) is 9.87. The maximum Gasteiger partial charge on any atom is 0.238 e. The van der Waals surface area contributed by atoms with Crippen LogP contribution in [-0.4, -0.2) is 29.3 Å². The highest BCUT2D eigenvalue weighted by Gasteiger charge is 2.35. The average Bonchev–Trinajstić information content (AvgIpc) is 2.61. The van der Waals surface area contributed by atoms with Crippen molar-refractivity contribution < 1.29 is 9.59 Å². The molecular weight excluding hydrogens is 204 g/mol. The molecule has 1 saturated heterocycles. The number of hydrogen-bond acceptors (Lipinski definition) is 3. The summed E-state index contributed by atoms with van der Waals surface area (Å²) in [6.07, 6.45) is 6.90. The molecule has 0 radical (unpaired) electrons. The van der Waals surface area contributed by atoms with Gasteiger partial charge in [0.25, 0.3) is 0 Å². The van der Waals surface area contributed by atoms with E-state index < -0.39 is 0 Å². The predicted octanol–water partition coefficient (Wildman–Crippen LogP) is 1.26. The van der Waals surface area contributed by atoms with Crippen LogP contribution < -0.4 is 5.43 Å². The van der Waals surface area contributed by atoms with E-state index in [9.17, 15) is 9.59 Å². The molecule has 90 valence electrons. The Morgan fingerprint density at radius 3 is 2.69 bits per heavy atom. The van der Waals surface area contributed by atoms with Crippen molar-refractivity contribution in [2.45, 2.75) is 51.5 Å². The van der Waals surface area contributed by atoms with Gasteiger partial charge in [-0.25, -0.2) is 5.43 Å². The average molecular weight is 224 g/mol. The van der Waals surface area contributed by atoms with Crippen molar-refractivity contribution >= 4 is 11.7 Å². The molecule has 1 aliphatic carbocycles. The van der Waals surface area contributed by atoms with Gasteiger partial charge in [0.2, 0.25) is 5.91 Å². The molecule has 2 fully saturated rings. The fourth-order valence-electron chi connectivity index (χ4n) is 2.78. The number of ketones is 1. The van der Waals surface area contributed by atoms with Gasteiger partial charge in [0, 0.05) is 12.5 Å². The van der Waals surface area contributed by atoms with E-state index in [0.717, 1.165) is 0 Å². The lowest BCUT2D eigenvalue weighted by Gasteiger charge is -2.27. The van der Waals surface area contributed by atoms with Crippen LogP contribution in [0.2, 0.25) is 0 Å². The Balaban J connectivity index is 1.89. The molecule has 1 aliphatic heterocycles. The van der Waals surface area contributed by atoms with E-state index in [0.29, 0.717) is 12.3 Å². The molecule has 1 unspecified atom stereocenters. The minimum absolute atomic E-state index is 0.0325. The summed E-state index contributed by atoms with van der Waals surface area (Å²) >= 11 is 0. The molecule has 0 bridgehead atoms. The highest BCUT2D eigenvalue weighted by molar-refractivity contribution is 5.85. The van der Waals surface area contributed by atoms with Gasteiger partial charge in [0.05, 0.1) is 6.54 Å². The molecule has 4 heteroatoms. The van der Waals surface area contributed by atoms with Crippen molar-refractivity contribution in [3.05, 3.63) is 0 Å². The Morgan fingerprint density at radius 1 is 1.38 bits per heavy atom. The van der Waals surface area contributed by atoms with Gasteiger partial charge < -0.3 is 0 Å². The number of nitrogens with zero attached hydrogens (tertiary/aromatic N) is 1. The smallest absolute Gasteiger partial charge is 0.238 e. The molecule has 16 heavy (non-hydrogen) atoms. The molecule has 1 atom stereocenters. The number of hydrazine groups is 1. The molecule has 0 aromatic carbocycles. The number of hydrogen-bond donors (Lipinski definition) is 1. The zero-order chi connectivity index (χ0) is 11.5. The third kappa shape index (κ3) is 2.61. The van der Waals surface area contributed by atoms with Gasteiger partial charge in [-0.05, 0) is 25.7 Å². The first-order valence-corrected chi connectivity index (χ1v) is 6.23. The van der Waals surface area contributed by atoms with Gasteiger partial charge in [-0.2, -0.15) is 0 Å². The van der Waals surface area contributed by atoms with Crippen molar-refractivity contribution in [3.8, 4) is 0 Å². The van der Waals surface area contributed by atoms with Gasteiger partial charge in [0.1, 0.15) is 0 Å². The second-order valence-electron chi connectivity index (χ2n) is 5.02. The molecule has 0 spiro atoms. The summed E-state index contributed by atoms with van der Waals surface area (Å²) in [7, 11) is 0. The normalized spacial score (nSPS) is 27.4. The molecule has 1 heterocycles. The predicted molar refractivity (Wildman–Crippen MR) is 60.5 cm³/mol. The number of rotatable bonds is 3. The summed E-state index contributed by atoms with van der Waals surface area (Å²) in [6.45, 7) is 1.73. The summed E-state index contributed by atoms with van der Waals surface area (Å²) in [5.41, 5.74) is 3.20. The first kappa shape index (κ1) is 11.6. The fraction of sp³-hybridized carbons (Fsp3) is 0.833. The van der Waals surface area contributed by atoms with Gasteiger partial charge in [-0.3, -0.25) is 14.6 Å². The van der Waals surface area contributed by atoms with Gasteiger partial charge in [0.15, 0.2) is 5.78 Å². The van der Waals surface area contributed by atoms with Crippen LogP contribution in [0.1, 0.15) is 45.4 Å². The van der Waals surface area contributed by atoms with Crippen LogP contribution in [0.5, 0.6) is 0 Å². The van der Waals surface area contributed by atoms with Crippen molar-refractivity contribution in [1.82, 2.24) is 10.4 Å². The van der Waals surface area contributed by atoms with Crippen LogP contribution >= 0.6 is 0 Å². The standard InChI is InChI=1S/C12H20N2O2/c1-9(15)8-14-12(16)7-11(13-14)10-5-3-2-4-6-10/h10-11,13H,2-8H2,1H3.